The molecule has 2 aliphatic rings. The highest BCUT2D eigenvalue weighted by Gasteiger charge is 2.50. The van der Waals surface area contributed by atoms with E-state index in [2.05, 4.69) is 43.3 Å². The first-order valence-corrected chi connectivity index (χ1v) is 5.57. The normalized spacial score (nSPS) is 34.6. The Hall–Kier alpha value is -1.04. The lowest BCUT2D eigenvalue weighted by Crippen LogP contribution is -1.90. The molecule has 3 rings (SSSR count). The lowest BCUT2D eigenvalue weighted by atomic mass is 10.0. The van der Waals surface area contributed by atoms with E-state index in [1.807, 2.05) is 0 Å². The molecule has 3 atom stereocenters. The Labute approximate surface area is 85.6 Å². The van der Waals surface area contributed by atoms with Crippen LogP contribution in [0.1, 0.15) is 31.2 Å². The number of rotatable bonds is 1. The maximum absolute atomic E-state index is 2.43. The maximum Gasteiger partial charge on any atom is -0.00933 e. The molecule has 0 N–H and O–H groups in total. The van der Waals surface area contributed by atoms with Gasteiger partial charge in [0, 0.05) is 0 Å². The van der Waals surface area contributed by atoms with Crippen molar-refractivity contribution in [2.45, 2.75) is 25.7 Å². The quantitative estimate of drug-likeness (QED) is 0.583. The van der Waals surface area contributed by atoms with E-state index in [1.165, 1.54) is 12.8 Å². The lowest BCUT2D eigenvalue weighted by molar-refractivity contribution is 0.663. The second kappa shape index (κ2) is 2.98. The predicted octanol–water partition coefficient (Wildman–Crippen LogP) is 3.76. The topological polar surface area (TPSA) is 0 Å². The lowest BCUT2D eigenvalue weighted by Gasteiger charge is -2.04. The van der Waals surface area contributed by atoms with Crippen molar-refractivity contribution < 1.29 is 0 Å². The van der Waals surface area contributed by atoms with Gasteiger partial charge in [0.25, 0.3) is 0 Å². The summed E-state index contributed by atoms with van der Waals surface area (Å²) in [7, 11) is 0. The van der Waals surface area contributed by atoms with E-state index in [1.54, 1.807) is 11.1 Å². The largest absolute Gasteiger partial charge is 0.0853 e. The van der Waals surface area contributed by atoms with Crippen molar-refractivity contribution in [3.05, 3.63) is 47.5 Å². The van der Waals surface area contributed by atoms with Gasteiger partial charge in [-0.25, -0.2) is 0 Å². The second-order valence-electron chi connectivity index (χ2n) is 4.75. The van der Waals surface area contributed by atoms with E-state index in [9.17, 15) is 0 Å². The van der Waals surface area contributed by atoms with Crippen LogP contribution in [-0.4, -0.2) is 0 Å². The molecule has 0 aliphatic heterocycles. The van der Waals surface area contributed by atoms with Crippen LogP contribution in [0.25, 0.3) is 0 Å². The molecule has 0 heteroatoms. The Kier molecular flexibility index (Phi) is 1.76. The standard InChI is InChI=1S/C14H16/c1-10-7-8-12-13(9-10)14(12)11-5-3-2-4-6-11/h2-7,12-14H,8-9H2,1H3. The summed E-state index contributed by atoms with van der Waals surface area (Å²) in [4.78, 5) is 0. The fourth-order valence-corrected chi connectivity index (χ4v) is 3.01. The Bertz CT molecular complexity index is 361. The van der Waals surface area contributed by atoms with Gasteiger partial charge < -0.3 is 0 Å². The number of benzene rings is 1. The van der Waals surface area contributed by atoms with E-state index in [-0.39, 0.29) is 0 Å². The van der Waals surface area contributed by atoms with Gasteiger partial charge in [0.1, 0.15) is 0 Å². The summed E-state index contributed by atoms with van der Waals surface area (Å²) < 4.78 is 0. The maximum atomic E-state index is 2.43. The van der Waals surface area contributed by atoms with E-state index in [4.69, 9.17) is 0 Å². The molecule has 0 bridgehead atoms. The first-order chi connectivity index (χ1) is 6.86. The molecule has 0 saturated heterocycles. The third kappa shape index (κ3) is 1.21. The molecule has 72 valence electrons. The monoisotopic (exact) mass is 184 g/mol. The Morgan fingerprint density at radius 3 is 2.57 bits per heavy atom. The van der Waals surface area contributed by atoms with Gasteiger partial charge in [-0.15, -0.1) is 0 Å². The zero-order valence-electron chi connectivity index (χ0n) is 8.61. The summed E-state index contributed by atoms with van der Waals surface area (Å²) in [6.45, 7) is 2.27. The molecular formula is C14H16. The van der Waals surface area contributed by atoms with Crippen molar-refractivity contribution >= 4 is 0 Å². The van der Waals surface area contributed by atoms with Crippen LogP contribution in [0, 0.1) is 11.8 Å². The molecule has 1 aromatic rings. The number of allylic oxidation sites excluding steroid dienone is 2. The third-order valence-electron chi connectivity index (χ3n) is 3.81. The predicted molar refractivity (Wildman–Crippen MR) is 59.2 cm³/mol. The van der Waals surface area contributed by atoms with Crippen LogP contribution < -0.4 is 0 Å². The van der Waals surface area contributed by atoms with Crippen molar-refractivity contribution in [2.24, 2.45) is 11.8 Å². The molecular weight excluding hydrogens is 168 g/mol. The number of hydrogen-bond donors (Lipinski definition) is 0. The van der Waals surface area contributed by atoms with Gasteiger partial charge >= 0.3 is 0 Å². The molecule has 0 nitrogen and oxygen atoms in total. The Balaban J connectivity index is 1.81. The molecule has 0 aromatic heterocycles. The summed E-state index contributed by atoms with van der Waals surface area (Å²) in [5.74, 6) is 2.79. The number of hydrogen-bond acceptors (Lipinski definition) is 0. The molecule has 2 aliphatic carbocycles. The van der Waals surface area contributed by atoms with Crippen LogP contribution in [-0.2, 0) is 0 Å². The van der Waals surface area contributed by atoms with Crippen LogP contribution in [0.15, 0.2) is 42.0 Å². The van der Waals surface area contributed by atoms with E-state index >= 15 is 0 Å². The molecule has 0 spiro atoms. The van der Waals surface area contributed by atoms with Crippen molar-refractivity contribution in [3.63, 3.8) is 0 Å². The average molecular weight is 184 g/mol. The highest BCUT2D eigenvalue weighted by atomic mass is 14.5. The van der Waals surface area contributed by atoms with Crippen molar-refractivity contribution in [2.75, 3.05) is 0 Å². The van der Waals surface area contributed by atoms with E-state index in [0.717, 1.165) is 17.8 Å². The molecule has 3 unspecified atom stereocenters. The fraction of sp³-hybridized carbons (Fsp3) is 0.429. The van der Waals surface area contributed by atoms with Gasteiger partial charge in [0.05, 0.1) is 0 Å². The molecule has 0 amide bonds. The summed E-state index contributed by atoms with van der Waals surface area (Å²) in [5, 5.41) is 0. The van der Waals surface area contributed by atoms with Crippen LogP contribution in [0.4, 0.5) is 0 Å². The minimum Gasteiger partial charge on any atom is -0.0853 e. The molecule has 1 fully saturated rings. The molecule has 0 heterocycles. The first kappa shape index (κ1) is 8.28. The summed E-state index contributed by atoms with van der Waals surface area (Å²) in [5.41, 5.74) is 3.16. The average Bonchev–Trinajstić information content (AvgIpc) is 2.92. The van der Waals surface area contributed by atoms with Gasteiger partial charge in [-0.3, -0.25) is 0 Å². The molecule has 14 heavy (non-hydrogen) atoms. The van der Waals surface area contributed by atoms with Gasteiger partial charge in [-0.1, -0.05) is 42.0 Å². The Morgan fingerprint density at radius 1 is 1.07 bits per heavy atom. The van der Waals surface area contributed by atoms with E-state index < -0.39 is 0 Å². The van der Waals surface area contributed by atoms with Crippen molar-refractivity contribution in [3.8, 4) is 0 Å². The highest BCUT2D eigenvalue weighted by Crippen LogP contribution is 2.60. The van der Waals surface area contributed by atoms with Crippen LogP contribution >= 0.6 is 0 Å². The second-order valence-corrected chi connectivity index (χ2v) is 4.75. The van der Waals surface area contributed by atoms with Gasteiger partial charge in [-0.05, 0) is 43.1 Å². The smallest absolute Gasteiger partial charge is 0.00933 e. The fourth-order valence-electron chi connectivity index (χ4n) is 3.01. The Morgan fingerprint density at radius 2 is 1.86 bits per heavy atom. The zero-order chi connectivity index (χ0) is 9.54. The summed E-state index contributed by atoms with van der Waals surface area (Å²) >= 11 is 0. The molecule has 0 radical (unpaired) electrons. The molecule has 1 saturated carbocycles. The zero-order valence-corrected chi connectivity index (χ0v) is 8.61. The van der Waals surface area contributed by atoms with E-state index in [0.29, 0.717) is 0 Å². The minimum atomic E-state index is 0.866. The molecule has 1 aromatic carbocycles. The van der Waals surface area contributed by atoms with Gasteiger partial charge in [-0.2, -0.15) is 0 Å². The van der Waals surface area contributed by atoms with Crippen LogP contribution in [0.3, 0.4) is 0 Å². The van der Waals surface area contributed by atoms with Gasteiger partial charge in [0.2, 0.25) is 0 Å². The van der Waals surface area contributed by atoms with Crippen molar-refractivity contribution in [1.29, 1.82) is 0 Å². The van der Waals surface area contributed by atoms with Crippen LogP contribution in [0.5, 0.6) is 0 Å². The number of fused-ring (bicyclic) bond motifs is 1. The minimum absolute atomic E-state index is 0.866. The van der Waals surface area contributed by atoms with Gasteiger partial charge in [0.15, 0.2) is 0 Å². The van der Waals surface area contributed by atoms with Crippen molar-refractivity contribution in [1.82, 2.24) is 0 Å². The third-order valence-corrected chi connectivity index (χ3v) is 3.81. The van der Waals surface area contributed by atoms with Crippen LogP contribution in [0.2, 0.25) is 0 Å². The highest BCUT2D eigenvalue weighted by molar-refractivity contribution is 5.31. The first-order valence-electron chi connectivity index (χ1n) is 5.57. The SMILES string of the molecule is CC1=CCC2C(C1)C2c1ccccc1. The summed E-state index contributed by atoms with van der Waals surface area (Å²) in [6.07, 6.45) is 5.09. The summed E-state index contributed by atoms with van der Waals surface area (Å²) in [6, 6.07) is 11.0.